The van der Waals surface area contributed by atoms with Gasteiger partial charge in [0.05, 0.1) is 12.2 Å². The lowest BCUT2D eigenvalue weighted by molar-refractivity contribution is -0.137. The topological polar surface area (TPSA) is 87.7 Å². The molecule has 0 aromatic heterocycles. The predicted molar refractivity (Wildman–Crippen MR) is 118 cm³/mol. The molecule has 2 aromatic carbocycles. The number of hydrogen-bond donors (Lipinski definition) is 2. The summed E-state index contributed by atoms with van der Waals surface area (Å²) < 4.78 is 19.7. The lowest BCUT2D eigenvalue weighted by atomic mass is 9.91. The van der Waals surface area contributed by atoms with Crippen LogP contribution in [-0.2, 0) is 37.6 Å². The Balaban J connectivity index is 1.45. The fraction of sp³-hybridized carbons (Fsp3) is 0.375. The van der Waals surface area contributed by atoms with E-state index < -0.39 is 23.2 Å². The van der Waals surface area contributed by atoms with Gasteiger partial charge < -0.3 is 20.3 Å². The van der Waals surface area contributed by atoms with Gasteiger partial charge in [0.15, 0.2) is 0 Å². The summed E-state index contributed by atoms with van der Waals surface area (Å²) in [6.45, 7) is 2.28. The Labute approximate surface area is 185 Å². The minimum Gasteiger partial charge on any atom is -0.372 e. The average Bonchev–Trinajstić information content (AvgIpc) is 2.79. The predicted octanol–water partition coefficient (Wildman–Crippen LogP) is 2.67. The summed E-state index contributed by atoms with van der Waals surface area (Å²) >= 11 is 0. The van der Waals surface area contributed by atoms with Crippen LogP contribution in [0, 0.1) is 5.82 Å². The number of nitrogens with one attached hydrogen (secondary N) is 2. The summed E-state index contributed by atoms with van der Waals surface area (Å²) in [6, 6.07) is 9.81. The molecule has 2 aliphatic rings. The normalized spacial score (nSPS) is 16.7. The van der Waals surface area contributed by atoms with Crippen molar-refractivity contribution in [3.63, 3.8) is 0 Å². The molecule has 0 spiro atoms. The molecule has 2 aliphatic heterocycles. The first-order valence-electron chi connectivity index (χ1n) is 10.7. The molecule has 0 fully saturated rings. The average molecular weight is 439 g/mol. The van der Waals surface area contributed by atoms with E-state index in [2.05, 4.69) is 10.6 Å². The van der Waals surface area contributed by atoms with E-state index in [0.29, 0.717) is 25.1 Å². The van der Waals surface area contributed by atoms with E-state index in [1.54, 1.807) is 25.1 Å². The van der Waals surface area contributed by atoms with Crippen molar-refractivity contribution >= 4 is 29.1 Å². The molecule has 8 heteroatoms. The molecule has 7 nitrogen and oxygen atoms in total. The minimum absolute atomic E-state index is 0.0802. The van der Waals surface area contributed by atoms with Crippen molar-refractivity contribution in [3.8, 4) is 0 Å². The van der Waals surface area contributed by atoms with Crippen LogP contribution >= 0.6 is 0 Å². The van der Waals surface area contributed by atoms with E-state index in [1.165, 1.54) is 13.2 Å². The maximum absolute atomic E-state index is 14.2. The Hall–Kier alpha value is -3.26. The van der Waals surface area contributed by atoms with Crippen LogP contribution < -0.4 is 15.5 Å². The van der Waals surface area contributed by atoms with Gasteiger partial charge in [-0.2, -0.15) is 0 Å². The highest BCUT2D eigenvalue weighted by atomic mass is 19.1. The lowest BCUT2D eigenvalue weighted by Crippen LogP contribution is -2.44. The molecule has 168 valence electrons. The maximum Gasteiger partial charge on any atom is 0.313 e. The first-order chi connectivity index (χ1) is 15.3. The zero-order chi connectivity index (χ0) is 22.9. The Morgan fingerprint density at radius 1 is 1.12 bits per heavy atom. The van der Waals surface area contributed by atoms with Gasteiger partial charge in [-0.25, -0.2) is 4.39 Å². The number of aryl methyl sites for hydroxylation is 2. The molecule has 4 rings (SSSR count). The van der Waals surface area contributed by atoms with Gasteiger partial charge in [-0.05, 0) is 55.5 Å². The Bertz CT molecular complexity index is 1070. The van der Waals surface area contributed by atoms with Gasteiger partial charge in [-0.1, -0.05) is 18.2 Å². The summed E-state index contributed by atoms with van der Waals surface area (Å²) in [6.07, 6.45) is 2.73. The van der Waals surface area contributed by atoms with Crippen LogP contribution in [0.3, 0.4) is 0 Å². The molecule has 2 heterocycles. The van der Waals surface area contributed by atoms with Gasteiger partial charge in [0.2, 0.25) is 5.91 Å². The second-order valence-corrected chi connectivity index (χ2v) is 8.34. The summed E-state index contributed by atoms with van der Waals surface area (Å²) in [7, 11) is 1.42. The molecule has 1 atom stereocenters. The molecule has 0 bridgehead atoms. The molecule has 2 N–H and O–H groups in total. The van der Waals surface area contributed by atoms with E-state index in [1.807, 2.05) is 17.0 Å². The van der Waals surface area contributed by atoms with E-state index in [4.69, 9.17) is 4.74 Å². The number of rotatable bonds is 5. The molecule has 0 radical (unpaired) electrons. The summed E-state index contributed by atoms with van der Waals surface area (Å²) in [5.74, 6) is -1.98. The van der Waals surface area contributed by atoms with Gasteiger partial charge >= 0.3 is 11.8 Å². The van der Waals surface area contributed by atoms with Crippen molar-refractivity contribution < 1.29 is 23.5 Å². The summed E-state index contributed by atoms with van der Waals surface area (Å²) in [4.78, 5) is 39.0. The van der Waals surface area contributed by atoms with Crippen molar-refractivity contribution in [2.75, 3.05) is 30.4 Å². The number of benzene rings is 2. The standard InChI is InChI=1S/C24H26FN3O4/c1-24(32-2,18-7-3-4-8-19(18)25)14-26-22(30)23(31)27-17-12-15-6-5-11-28-20(29)10-9-16(13-17)21(15)28/h3-4,7-8,12-13H,5-6,9-11,14H2,1-2H3,(H,26,30)(H,27,31). The van der Waals surface area contributed by atoms with Crippen molar-refractivity contribution in [1.29, 1.82) is 0 Å². The number of carbonyl (C=O) groups excluding carboxylic acids is 3. The zero-order valence-electron chi connectivity index (χ0n) is 18.2. The highest BCUT2D eigenvalue weighted by Crippen LogP contribution is 2.37. The van der Waals surface area contributed by atoms with Crippen molar-refractivity contribution in [2.45, 2.75) is 38.2 Å². The molecule has 2 aromatic rings. The van der Waals surface area contributed by atoms with Crippen LogP contribution in [0.1, 0.15) is 36.5 Å². The number of halogens is 1. The summed E-state index contributed by atoms with van der Waals surface area (Å²) in [5.41, 5.74) is 2.64. The molecule has 0 aliphatic carbocycles. The molecule has 0 saturated carbocycles. The van der Waals surface area contributed by atoms with E-state index >= 15 is 0 Å². The van der Waals surface area contributed by atoms with Gasteiger partial charge in [0.1, 0.15) is 11.4 Å². The summed E-state index contributed by atoms with van der Waals surface area (Å²) in [5, 5.41) is 5.19. The number of anilines is 2. The first kappa shape index (κ1) is 22.0. The third kappa shape index (κ3) is 4.10. The SMILES string of the molecule is COC(C)(CNC(=O)C(=O)Nc1cc2c3c(c1)CCC(=O)N3CCC2)c1ccccc1F. The molecule has 3 amide bonds. The van der Waals surface area contributed by atoms with Crippen molar-refractivity contribution in [3.05, 3.63) is 58.9 Å². The number of hydrogen-bond acceptors (Lipinski definition) is 4. The lowest BCUT2D eigenvalue weighted by Gasteiger charge is -2.35. The second kappa shape index (κ2) is 8.70. The number of ether oxygens (including phenoxy) is 1. The van der Waals surface area contributed by atoms with E-state index in [0.717, 1.165) is 29.7 Å². The Morgan fingerprint density at radius 3 is 2.56 bits per heavy atom. The number of amides is 3. The van der Waals surface area contributed by atoms with Crippen LogP contribution in [0.2, 0.25) is 0 Å². The van der Waals surface area contributed by atoms with Gasteiger partial charge in [0, 0.05) is 31.3 Å². The largest absolute Gasteiger partial charge is 0.372 e. The third-order valence-corrected chi connectivity index (χ3v) is 6.22. The molecule has 0 saturated heterocycles. The van der Waals surface area contributed by atoms with Crippen molar-refractivity contribution in [2.24, 2.45) is 0 Å². The third-order valence-electron chi connectivity index (χ3n) is 6.22. The minimum atomic E-state index is -1.13. The Morgan fingerprint density at radius 2 is 1.84 bits per heavy atom. The van der Waals surface area contributed by atoms with Gasteiger partial charge in [-0.3, -0.25) is 14.4 Å². The highest BCUT2D eigenvalue weighted by molar-refractivity contribution is 6.39. The fourth-order valence-corrected chi connectivity index (χ4v) is 4.41. The molecule has 32 heavy (non-hydrogen) atoms. The number of nitrogens with zero attached hydrogens (tertiary/aromatic N) is 1. The quantitative estimate of drug-likeness (QED) is 0.702. The Kier molecular flexibility index (Phi) is 5.97. The monoisotopic (exact) mass is 439 g/mol. The highest BCUT2D eigenvalue weighted by Gasteiger charge is 2.32. The van der Waals surface area contributed by atoms with Gasteiger partial charge in [0.25, 0.3) is 0 Å². The van der Waals surface area contributed by atoms with Crippen molar-refractivity contribution in [1.82, 2.24) is 5.32 Å². The van der Waals surface area contributed by atoms with Crippen LogP contribution in [0.15, 0.2) is 36.4 Å². The molecule has 1 unspecified atom stereocenters. The van der Waals surface area contributed by atoms with Crippen LogP contribution in [-0.4, -0.2) is 37.9 Å². The van der Waals surface area contributed by atoms with Gasteiger partial charge in [-0.15, -0.1) is 0 Å². The van der Waals surface area contributed by atoms with E-state index in [-0.39, 0.29) is 18.0 Å². The second-order valence-electron chi connectivity index (χ2n) is 8.34. The van der Waals surface area contributed by atoms with Crippen LogP contribution in [0.5, 0.6) is 0 Å². The van der Waals surface area contributed by atoms with Crippen LogP contribution in [0.4, 0.5) is 15.8 Å². The zero-order valence-corrected chi connectivity index (χ0v) is 18.2. The molecular formula is C24H26FN3O4. The van der Waals surface area contributed by atoms with E-state index in [9.17, 15) is 18.8 Å². The smallest absolute Gasteiger partial charge is 0.313 e. The molecular weight excluding hydrogens is 413 g/mol. The maximum atomic E-state index is 14.2. The number of methoxy groups -OCH3 is 1. The number of carbonyl (C=O) groups is 3. The van der Waals surface area contributed by atoms with Crippen LogP contribution in [0.25, 0.3) is 0 Å². The first-order valence-corrected chi connectivity index (χ1v) is 10.7. The fourth-order valence-electron chi connectivity index (χ4n) is 4.41.